The Hall–Kier alpha value is -1.36. The monoisotopic (exact) mass is 292 g/mol. The predicted molar refractivity (Wildman–Crippen MR) is 77.5 cm³/mol. The Bertz CT molecular complexity index is 592. The highest BCUT2D eigenvalue weighted by Crippen LogP contribution is 2.25. The number of hydrogen-bond donors (Lipinski definition) is 1. The van der Waals surface area contributed by atoms with Crippen LogP contribution in [-0.4, -0.2) is 33.7 Å². The van der Waals surface area contributed by atoms with Gasteiger partial charge in [-0.25, -0.2) is 4.98 Å². The Morgan fingerprint density at radius 3 is 2.80 bits per heavy atom. The summed E-state index contributed by atoms with van der Waals surface area (Å²) in [5, 5.41) is 10.6. The smallest absolute Gasteiger partial charge is 0.209 e. The molecule has 1 N–H and O–H groups in total. The zero-order chi connectivity index (χ0) is 14.2. The molecule has 0 saturated carbocycles. The molecule has 1 aliphatic rings. The number of β-amino-alcohol motifs (C(OH)–C–C–N with tert-alkyl or cyclic N) is 1. The Morgan fingerprint density at radius 1 is 1.40 bits per heavy atom. The Morgan fingerprint density at radius 2 is 2.15 bits per heavy atom. The van der Waals surface area contributed by atoms with Crippen LogP contribution in [0.25, 0.3) is 11.3 Å². The number of aromatic nitrogens is 1. The average Bonchev–Trinajstić information content (AvgIpc) is 2.98. The molecule has 0 amide bonds. The van der Waals surface area contributed by atoms with Crippen molar-refractivity contribution in [3.8, 4) is 11.3 Å². The second-order valence-electron chi connectivity index (χ2n) is 5.58. The largest absolute Gasteiger partial charge is 0.439 e. The fourth-order valence-corrected chi connectivity index (χ4v) is 2.62. The summed E-state index contributed by atoms with van der Waals surface area (Å²) < 4.78 is 5.76. The van der Waals surface area contributed by atoms with E-state index in [2.05, 4.69) is 9.88 Å². The number of nitrogens with zero attached hydrogens (tertiary/aromatic N) is 2. The summed E-state index contributed by atoms with van der Waals surface area (Å²) in [6, 6.07) is 7.48. The van der Waals surface area contributed by atoms with E-state index in [1.54, 1.807) is 6.20 Å². The molecule has 4 nitrogen and oxygen atoms in total. The molecule has 1 fully saturated rings. The van der Waals surface area contributed by atoms with E-state index in [4.69, 9.17) is 16.0 Å². The summed E-state index contributed by atoms with van der Waals surface area (Å²) in [6.45, 7) is 4.02. The van der Waals surface area contributed by atoms with Gasteiger partial charge < -0.3 is 9.52 Å². The molecule has 0 spiro atoms. The maximum absolute atomic E-state index is 9.95. The van der Waals surface area contributed by atoms with Crippen LogP contribution in [0.1, 0.15) is 19.2 Å². The van der Waals surface area contributed by atoms with Gasteiger partial charge in [-0.3, -0.25) is 4.90 Å². The fourth-order valence-electron chi connectivity index (χ4n) is 2.50. The molecule has 20 heavy (non-hydrogen) atoms. The van der Waals surface area contributed by atoms with Crippen molar-refractivity contribution in [2.75, 3.05) is 13.1 Å². The van der Waals surface area contributed by atoms with E-state index in [0.29, 0.717) is 24.0 Å². The highest BCUT2D eigenvalue weighted by Gasteiger charge is 2.31. The van der Waals surface area contributed by atoms with E-state index in [1.807, 2.05) is 31.2 Å². The lowest BCUT2D eigenvalue weighted by atomic mass is 10.1. The molecule has 5 heteroatoms. The molecule has 1 unspecified atom stereocenters. The number of rotatable bonds is 3. The van der Waals surface area contributed by atoms with Crippen molar-refractivity contribution in [3.63, 3.8) is 0 Å². The lowest BCUT2D eigenvalue weighted by Gasteiger charge is -2.17. The second kappa shape index (κ2) is 5.20. The molecule has 0 radical (unpaired) electrons. The van der Waals surface area contributed by atoms with Gasteiger partial charge in [-0.05, 0) is 37.6 Å². The Labute approximate surface area is 123 Å². The van der Waals surface area contributed by atoms with Gasteiger partial charge in [0, 0.05) is 23.7 Å². The Balaban J connectivity index is 1.70. The van der Waals surface area contributed by atoms with E-state index < -0.39 is 5.60 Å². The van der Waals surface area contributed by atoms with Gasteiger partial charge in [-0.1, -0.05) is 11.6 Å². The van der Waals surface area contributed by atoms with Crippen LogP contribution in [0.15, 0.2) is 34.9 Å². The molecule has 1 aromatic carbocycles. The molecule has 1 aliphatic heterocycles. The van der Waals surface area contributed by atoms with Crippen molar-refractivity contribution in [2.24, 2.45) is 0 Å². The van der Waals surface area contributed by atoms with Gasteiger partial charge in [0.2, 0.25) is 5.89 Å². The molecule has 2 heterocycles. The van der Waals surface area contributed by atoms with Crippen molar-refractivity contribution in [1.29, 1.82) is 0 Å². The fraction of sp³-hybridized carbons (Fsp3) is 0.400. The number of aliphatic hydroxyl groups is 1. The van der Waals surface area contributed by atoms with Crippen molar-refractivity contribution in [3.05, 3.63) is 41.4 Å². The zero-order valence-corrected chi connectivity index (χ0v) is 12.1. The molecule has 0 aliphatic carbocycles. The molecule has 1 atom stereocenters. The highest BCUT2D eigenvalue weighted by atomic mass is 35.5. The van der Waals surface area contributed by atoms with Crippen molar-refractivity contribution < 1.29 is 9.52 Å². The first-order chi connectivity index (χ1) is 9.52. The van der Waals surface area contributed by atoms with Crippen LogP contribution >= 0.6 is 11.6 Å². The van der Waals surface area contributed by atoms with E-state index >= 15 is 0 Å². The van der Waals surface area contributed by atoms with Gasteiger partial charge in [0.15, 0.2) is 5.76 Å². The third-order valence-corrected chi connectivity index (χ3v) is 3.82. The molecular weight excluding hydrogens is 276 g/mol. The van der Waals surface area contributed by atoms with Crippen LogP contribution in [0.5, 0.6) is 0 Å². The first-order valence-corrected chi connectivity index (χ1v) is 7.05. The van der Waals surface area contributed by atoms with Gasteiger partial charge in [-0.15, -0.1) is 0 Å². The number of halogens is 1. The Kier molecular flexibility index (Phi) is 3.54. The van der Waals surface area contributed by atoms with Crippen molar-refractivity contribution >= 4 is 11.6 Å². The van der Waals surface area contributed by atoms with Gasteiger partial charge in [0.25, 0.3) is 0 Å². The summed E-state index contributed by atoms with van der Waals surface area (Å²) in [4.78, 5) is 6.45. The predicted octanol–water partition coefficient (Wildman–Crippen LogP) is 2.95. The first-order valence-electron chi connectivity index (χ1n) is 6.67. The number of hydrogen-bond acceptors (Lipinski definition) is 4. The highest BCUT2D eigenvalue weighted by molar-refractivity contribution is 6.30. The molecule has 106 valence electrons. The van der Waals surface area contributed by atoms with E-state index in [-0.39, 0.29) is 0 Å². The summed E-state index contributed by atoms with van der Waals surface area (Å²) in [5.74, 6) is 1.41. The molecule has 1 aromatic heterocycles. The first kappa shape index (κ1) is 13.6. The van der Waals surface area contributed by atoms with E-state index in [1.165, 1.54) is 0 Å². The number of benzene rings is 1. The maximum Gasteiger partial charge on any atom is 0.209 e. The SMILES string of the molecule is CC1(O)CCN(Cc2ncc(-c3ccc(Cl)cc3)o2)C1. The average molecular weight is 293 g/mol. The third kappa shape index (κ3) is 3.03. The van der Waals surface area contributed by atoms with E-state index in [9.17, 15) is 5.11 Å². The van der Waals surface area contributed by atoms with E-state index in [0.717, 1.165) is 24.3 Å². The summed E-state index contributed by atoms with van der Waals surface area (Å²) >= 11 is 5.87. The summed E-state index contributed by atoms with van der Waals surface area (Å²) in [5.41, 5.74) is 0.368. The van der Waals surface area contributed by atoms with Crippen LogP contribution < -0.4 is 0 Å². The normalized spacial score (nSPS) is 23.4. The minimum Gasteiger partial charge on any atom is -0.439 e. The molecule has 3 rings (SSSR count). The molecule has 2 aromatic rings. The van der Waals surface area contributed by atoms with Crippen molar-refractivity contribution in [2.45, 2.75) is 25.5 Å². The van der Waals surface area contributed by atoms with Crippen LogP contribution in [0.3, 0.4) is 0 Å². The topological polar surface area (TPSA) is 49.5 Å². The maximum atomic E-state index is 9.95. The lowest BCUT2D eigenvalue weighted by Crippen LogP contribution is -2.29. The number of oxazole rings is 1. The molecular formula is C15H17ClN2O2. The molecule has 1 saturated heterocycles. The van der Waals surface area contributed by atoms with Gasteiger partial charge >= 0.3 is 0 Å². The van der Waals surface area contributed by atoms with Gasteiger partial charge in [0.1, 0.15) is 0 Å². The third-order valence-electron chi connectivity index (χ3n) is 3.57. The van der Waals surface area contributed by atoms with Crippen LogP contribution in [0.2, 0.25) is 5.02 Å². The minimum absolute atomic E-state index is 0.592. The quantitative estimate of drug-likeness (QED) is 0.945. The van der Waals surface area contributed by atoms with Gasteiger partial charge in [-0.2, -0.15) is 0 Å². The van der Waals surface area contributed by atoms with Crippen LogP contribution in [0.4, 0.5) is 0 Å². The summed E-state index contributed by atoms with van der Waals surface area (Å²) in [6.07, 6.45) is 2.52. The zero-order valence-electron chi connectivity index (χ0n) is 11.3. The van der Waals surface area contributed by atoms with Crippen LogP contribution in [0, 0.1) is 0 Å². The molecule has 0 bridgehead atoms. The van der Waals surface area contributed by atoms with Crippen molar-refractivity contribution in [1.82, 2.24) is 9.88 Å². The summed E-state index contributed by atoms with van der Waals surface area (Å²) in [7, 11) is 0. The number of likely N-dealkylation sites (tertiary alicyclic amines) is 1. The minimum atomic E-state index is -0.592. The standard InChI is InChI=1S/C15H17ClN2O2/c1-15(19)6-7-18(10-15)9-14-17-8-13(20-14)11-2-4-12(16)5-3-11/h2-5,8,19H,6-7,9-10H2,1H3. The van der Waals surface area contributed by atoms with Gasteiger partial charge in [0.05, 0.1) is 18.3 Å². The second-order valence-corrected chi connectivity index (χ2v) is 6.02. The van der Waals surface area contributed by atoms with Crippen LogP contribution in [-0.2, 0) is 6.54 Å². The lowest BCUT2D eigenvalue weighted by molar-refractivity contribution is 0.0668.